The number of fused-ring (bicyclic) bond motifs is 1. The van der Waals surface area contributed by atoms with Gasteiger partial charge in [0.25, 0.3) is 5.91 Å². The summed E-state index contributed by atoms with van der Waals surface area (Å²) >= 11 is 1.52. The zero-order valence-electron chi connectivity index (χ0n) is 17.1. The van der Waals surface area contributed by atoms with Crippen LogP contribution in [0, 0.1) is 11.3 Å². The molecule has 2 aliphatic heterocycles. The molecule has 2 aliphatic rings. The third-order valence-electron chi connectivity index (χ3n) is 5.70. The standard InChI is InChI=1S/C22H24FN5O2S/c23-15-3-1-2-8-27(12-15)16-4-5-20-19(9-16)18(6-7-25-20)22(30)26-11-21(29)28-14-31-13-17(28)10-24/h4-7,9,15,17H,1-3,8,11-14H2,(H,26,30)/t15-,17+/m0/s1. The molecule has 0 radical (unpaired) electrons. The van der Waals surface area contributed by atoms with Gasteiger partial charge in [-0.25, -0.2) is 4.39 Å². The molecular formula is C22H24FN5O2S. The van der Waals surface area contributed by atoms with Gasteiger partial charge in [-0.2, -0.15) is 5.26 Å². The number of nitrogens with one attached hydrogen (secondary N) is 1. The lowest BCUT2D eigenvalue weighted by molar-refractivity contribution is -0.129. The van der Waals surface area contributed by atoms with Crippen LogP contribution < -0.4 is 10.2 Å². The predicted octanol–water partition coefficient (Wildman–Crippen LogP) is 2.72. The molecule has 0 unspecified atom stereocenters. The second kappa shape index (κ2) is 9.52. The lowest BCUT2D eigenvalue weighted by atomic mass is 10.1. The number of hydrogen-bond acceptors (Lipinski definition) is 6. The minimum atomic E-state index is -0.859. The monoisotopic (exact) mass is 441 g/mol. The van der Waals surface area contributed by atoms with E-state index in [-0.39, 0.29) is 18.4 Å². The molecule has 0 bridgehead atoms. The van der Waals surface area contributed by atoms with Gasteiger partial charge in [0.2, 0.25) is 5.91 Å². The number of nitriles is 1. The molecule has 9 heteroatoms. The van der Waals surface area contributed by atoms with Crippen molar-refractivity contribution in [3.63, 3.8) is 0 Å². The molecule has 2 aromatic rings. The van der Waals surface area contributed by atoms with Crippen LogP contribution in [0.1, 0.15) is 29.6 Å². The van der Waals surface area contributed by atoms with E-state index in [0.717, 1.165) is 25.1 Å². The first-order chi connectivity index (χ1) is 15.1. The van der Waals surface area contributed by atoms with Crippen molar-refractivity contribution in [1.29, 1.82) is 5.26 Å². The molecule has 4 rings (SSSR count). The number of anilines is 1. The summed E-state index contributed by atoms with van der Waals surface area (Å²) in [5.74, 6) is 0.393. The third-order valence-corrected chi connectivity index (χ3v) is 6.71. The van der Waals surface area contributed by atoms with Crippen LogP contribution in [0.15, 0.2) is 30.5 Å². The maximum atomic E-state index is 14.1. The van der Waals surface area contributed by atoms with Gasteiger partial charge in [-0.05, 0) is 43.5 Å². The Balaban J connectivity index is 1.52. The summed E-state index contributed by atoms with van der Waals surface area (Å²) in [5.41, 5.74) is 1.94. The summed E-state index contributed by atoms with van der Waals surface area (Å²) in [6, 6.07) is 8.90. The lowest BCUT2D eigenvalue weighted by Gasteiger charge is -2.24. The van der Waals surface area contributed by atoms with E-state index in [1.807, 2.05) is 23.1 Å². The molecule has 162 valence electrons. The lowest BCUT2D eigenvalue weighted by Crippen LogP contribution is -2.42. The molecule has 2 fully saturated rings. The SMILES string of the molecule is N#C[C@@H]1CSCN1C(=O)CNC(=O)c1ccnc2ccc(N3CCCC[C@H](F)C3)cc12. The van der Waals surface area contributed by atoms with Crippen molar-refractivity contribution in [2.45, 2.75) is 31.5 Å². The topological polar surface area (TPSA) is 89.3 Å². The molecule has 0 saturated carbocycles. The Morgan fingerprint density at radius 1 is 1.32 bits per heavy atom. The van der Waals surface area contributed by atoms with Crippen LogP contribution in [0.3, 0.4) is 0 Å². The minimum absolute atomic E-state index is 0.170. The Labute approximate surface area is 184 Å². The summed E-state index contributed by atoms with van der Waals surface area (Å²) in [4.78, 5) is 33.1. The third kappa shape index (κ3) is 4.74. The van der Waals surface area contributed by atoms with Crippen LogP contribution in [0.2, 0.25) is 0 Å². The van der Waals surface area contributed by atoms with Crippen molar-refractivity contribution in [3.05, 3.63) is 36.0 Å². The average Bonchev–Trinajstić information content (AvgIpc) is 3.17. The summed E-state index contributed by atoms with van der Waals surface area (Å²) in [5, 5.41) is 12.5. The van der Waals surface area contributed by atoms with E-state index < -0.39 is 12.2 Å². The highest BCUT2D eigenvalue weighted by Gasteiger charge is 2.29. The number of carbonyl (C=O) groups excluding carboxylic acids is 2. The maximum Gasteiger partial charge on any atom is 0.252 e. The molecule has 0 spiro atoms. The zero-order chi connectivity index (χ0) is 21.8. The molecule has 2 saturated heterocycles. The summed E-state index contributed by atoms with van der Waals surface area (Å²) in [6.07, 6.45) is 3.08. The van der Waals surface area contributed by atoms with E-state index in [1.165, 1.54) is 16.7 Å². The molecular weight excluding hydrogens is 417 g/mol. The molecule has 7 nitrogen and oxygen atoms in total. The number of pyridine rings is 1. The Bertz CT molecular complexity index is 1030. The second-order valence-electron chi connectivity index (χ2n) is 7.79. The van der Waals surface area contributed by atoms with Crippen molar-refractivity contribution >= 4 is 40.2 Å². The van der Waals surface area contributed by atoms with Crippen LogP contribution in [-0.2, 0) is 4.79 Å². The van der Waals surface area contributed by atoms with Gasteiger partial charge in [-0.15, -0.1) is 11.8 Å². The van der Waals surface area contributed by atoms with E-state index in [9.17, 15) is 14.0 Å². The fourth-order valence-electron chi connectivity index (χ4n) is 4.00. The van der Waals surface area contributed by atoms with E-state index in [0.29, 0.717) is 41.1 Å². The normalized spacial score (nSPS) is 21.5. The highest BCUT2D eigenvalue weighted by molar-refractivity contribution is 7.99. The average molecular weight is 442 g/mol. The Kier molecular flexibility index (Phi) is 6.56. The van der Waals surface area contributed by atoms with E-state index in [4.69, 9.17) is 5.26 Å². The number of thioether (sulfide) groups is 1. The minimum Gasteiger partial charge on any atom is -0.369 e. The number of aromatic nitrogens is 1. The van der Waals surface area contributed by atoms with Crippen molar-refractivity contribution in [1.82, 2.24) is 15.2 Å². The Morgan fingerprint density at radius 3 is 3.03 bits per heavy atom. The first-order valence-corrected chi connectivity index (χ1v) is 11.5. The molecule has 2 atom stereocenters. The smallest absolute Gasteiger partial charge is 0.252 e. The van der Waals surface area contributed by atoms with Crippen LogP contribution in [-0.4, -0.2) is 65.2 Å². The number of halogens is 1. The zero-order valence-corrected chi connectivity index (χ0v) is 17.9. The molecule has 2 amide bonds. The van der Waals surface area contributed by atoms with E-state index >= 15 is 0 Å². The van der Waals surface area contributed by atoms with Crippen LogP contribution in [0.25, 0.3) is 10.9 Å². The molecule has 1 N–H and O–H groups in total. The Hall–Kier alpha value is -2.86. The highest BCUT2D eigenvalue weighted by atomic mass is 32.2. The molecule has 0 aliphatic carbocycles. The largest absolute Gasteiger partial charge is 0.369 e. The Morgan fingerprint density at radius 2 is 2.19 bits per heavy atom. The van der Waals surface area contributed by atoms with Crippen molar-refractivity contribution in [2.24, 2.45) is 0 Å². The number of benzene rings is 1. The van der Waals surface area contributed by atoms with Crippen LogP contribution in [0.5, 0.6) is 0 Å². The quantitative estimate of drug-likeness (QED) is 0.785. The van der Waals surface area contributed by atoms with Gasteiger partial charge in [-0.1, -0.05) is 0 Å². The van der Waals surface area contributed by atoms with E-state index in [1.54, 1.807) is 12.3 Å². The number of carbonyl (C=O) groups is 2. The highest BCUT2D eigenvalue weighted by Crippen LogP contribution is 2.26. The molecule has 1 aromatic carbocycles. The summed E-state index contributed by atoms with van der Waals surface area (Å²) in [6.45, 7) is 0.947. The van der Waals surface area contributed by atoms with Gasteiger partial charge >= 0.3 is 0 Å². The first kappa shape index (κ1) is 21.4. The summed E-state index contributed by atoms with van der Waals surface area (Å²) < 4.78 is 14.1. The molecule has 1 aromatic heterocycles. The van der Waals surface area contributed by atoms with Crippen molar-refractivity contribution < 1.29 is 14.0 Å². The summed E-state index contributed by atoms with van der Waals surface area (Å²) in [7, 11) is 0. The number of rotatable bonds is 4. The van der Waals surface area contributed by atoms with Gasteiger partial charge in [0.15, 0.2) is 0 Å². The first-order valence-electron chi connectivity index (χ1n) is 10.4. The van der Waals surface area contributed by atoms with Crippen molar-refractivity contribution in [3.8, 4) is 6.07 Å². The van der Waals surface area contributed by atoms with Gasteiger partial charge in [0.05, 0.1) is 29.6 Å². The number of alkyl halides is 1. The van der Waals surface area contributed by atoms with Gasteiger partial charge < -0.3 is 15.1 Å². The van der Waals surface area contributed by atoms with E-state index in [2.05, 4.69) is 16.4 Å². The number of hydrogen-bond donors (Lipinski definition) is 1. The van der Waals surface area contributed by atoms with Gasteiger partial charge in [0, 0.05) is 36.1 Å². The second-order valence-corrected chi connectivity index (χ2v) is 8.79. The van der Waals surface area contributed by atoms with Crippen LogP contribution >= 0.6 is 11.8 Å². The predicted molar refractivity (Wildman–Crippen MR) is 119 cm³/mol. The van der Waals surface area contributed by atoms with Gasteiger partial charge in [-0.3, -0.25) is 14.6 Å². The molecule has 3 heterocycles. The van der Waals surface area contributed by atoms with Crippen LogP contribution in [0.4, 0.5) is 10.1 Å². The maximum absolute atomic E-state index is 14.1. The fourth-order valence-corrected chi connectivity index (χ4v) is 5.11. The van der Waals surface area contributed by atoms with Crippen molar-refractivity contribution in [2.75, 3.05) is 36.2 Å². The number of amides is 2. The number of nitrogens with zero attached hydrogens (tertiary/aromatic N) is 4. The molecule has 31 heavy (non-hydrogen) atoms. The van der Waals surface area contributed by atoms with Gasteiger partial charge in [0.1, 0.15) is 12.2 Å². The fraction of sp³-hybridized carbons (Fsp3) is 0.455.